The number of nitrogens with zero attached hydrogens (tertiary/aromatic N) is 4. The maximum absolute atomic E-state index is 13.5. The van der Waals surface area contributed by atoms with Crippen molar-refractivity contribution >= 4 is 27.0 Å². The Balaban J connectivity index is 1.72. The molecule has 0 aliphatic carbocycles. The number of pyridine rings is 1. The minimum Gasteiger partial charge on any atom is -0.347 e. The Hall–Kier alpha value is -3.76. The molecule has 218 valence electrons. The number of aryl methyl sites for hydroxylation is 1. The molecule has 4 aromatic rings. The summed E-state index contributed by atoms with van der Waals surface area (Å²) in [6.07, 6.45) is 4.28. The van der Waals surface area contributed by atoms with E-state index in [9.17, 15) is 18.0 Å². The monoisotopic (exact) mass is 577 g/mol. The van der Waals surface area contributed by atoms with E-state index in [1.165, 1.54) is 9.47 Å². The number of imidazole rings is 1. The summed E-state index contributed by atoms with van der Waals surface area (Å²) < 4.78 is 32.4. The number of hydrogen-bond donors (Lipinski definition) is 1. The minimum absolute atomic E-state index is 0.0433. The van der Waals surface area contributed by atoms with Crippen molar-refractivity contribution in [2.75, 3.05) is 14.1 Å². The number of aromatic nitrogens is 3. The van der Waals surface area contributed by atoms with Crippen molar-refractivity contribution in [2.45, 2.75) is 70.5 Å². The molecule has 0 aliphatic heterocycles. The zero-order valence-electron chi connectivity index (χ0n) is 24.6. The van der Waals surface area contributed by atoms with Gasteiger partial charge in [-0.25, -0.2) is 18.1 Å². The summed E-state index contributed by atoms with van der Waals surface area (Å²) in [5.41, 5.74) is 2.54. The largest absolute Gasteiger partial charge is 0.347 e. The molecule has 10 heteroatoms. The first-order chi connectivity index (χ1) is 19.3. The van der Waals surface area contributed by atoms with Crippen molar-refractivity contribution in [1.82, 2.24) is 23.7 Å². The van der Waals surface area contributed by atoms with E-state index in [0.29, 0.717) is 23.1 Å². The normalized spacial score (nSPS) is 12.1. The fraction of sp³-hybridized carbons (Fsp3) is 0.387. The average molecular weight is 578 g/mol. The van der Waals surface area contributed by atoms with Crippen LogP contribution in [0.1, 0.15) is 51.9 Å². The summed E-state index contributed by atoms with van der Waals surface area (Å²) >= 11 is 0. The Kier molecular flexibility index (Phi) is 8.84. The standard InChI is InChI=1S/C31H39N5O4S/c1-7-8-13-27-32-25-18-19-35(21-28(37)34(5)6)30(38)29(25)36(27)20-22-14-16-23(17-15-22)24-11-9-10-12-26(24)41(39,40)33-31(2,3)4/h9-12,14-19,33H,7-8,13,20-21H2,1-6H3. The predicted octanol–water partition coefficient (Wildman–Crippen LogP) is 4.42. The molecule has 2 heterocycles. The van der Waals surface area contributed by atoms with Crippen LogP contribution in [0.25, 0.3) is 22.2 Å². The van der Waals surface area contributed by atoms with Crippen LogP contribution in [0.3, 0.4) is 0 Å². The van der Waals surface area contributed by atoms with Gasteiger partial charge in [-0.2, -0.15) is 0 Å². The zero-order chi connectivity index (χ0) is 29.9. The molecule has 0 spiro atoms. The highest BCUT2D eigenvalue weighted by molar-refractivity contribution is 7.89. The van der Waals surface area contributed by atoms with Crippen LogP contribution in [-0.2, 0) is 34.3 Å². The Morgan fingerprint density at radius 2 is 1.71 bits per heavy atom. The molecule has 9 nitrogen and oxygen atoms in total. The number of rotatable bonds is 10. The van der Waals surface area contributed by atoms with Gasteiger partial charge in [-0.05, 0) is 50.5 Å². The first-order valence-electron chi connectivity index (χ1n) is 13.8. The van der Waals surface area contributed by atoms with Gasteiger partial charge in [0.05, 0.1) is 10.4 Å². The van der Waals surface area contributed by atoms with Crippen molar-refractivity contribution < 1.29 is 13.2 Å². The van der Waals surface area contributed by atoms with Crippen LogP contribution in [0.15, 0.2) is 70.5 Å². The molecular weight excluding hydrogens is 538 g/mol. The van der Waals surface area contributed by atoms with Crippen LogP contribution in [0.2, 0.25) is 0 Å². The average Bonchev–Trinajstić information content (AvgIpc) is 3.25. The highest BCUT2D eigenvalue weighted by Crippen LogP contribution is 2.29. The summed E-state index contributed by atoms with van der Waals surface area (Å²) in [6.45, 7) is 7.92. The van der Waals surface area contributed by atoms with Crippen LogP contribution >= 0.6 is 0 Å². The lowest BCUT2D eigenvalue weighted by Gasteiger charge is -2.21. The van der Waals surface area contributed by atoms with E-state index in [0.717, 1.165) is 36.2 Å². The molecule has 2 aromatic heterocycles. The minimum atomic E-state index is -3.74. The second kappa shape index (κ2) is 12.0. The third-order valence-electron chi connectivity index (χ3n) is 6.73. The molecule has 1 N–H and O–H groups in total. The van der Waals surface area contributed by atoms with Crippen LogP contribution in [0, 0.1) is 0 Å². The number of likely N-dealkylation sites (N-methyl/N-ethyl adjacent to an activating group) is 1. The maximum Gasteiger partial charge on any atom is 0.277 e. The third-order valence-corrected chi connectivity index (χ3v) is 8.55. The van der Waals surface area contributed by atoms with Gasteiger partial charge in [-0.15, -0.1) is 0 Å². The molecule has 0 unspecified atom stereocenters. The number of benzene rings is 2. The summed E-state index contributed by atoms with van der Waals surface area (Å²) in [6, 6.07) is 16.4. The lowest BCUT2D eigenvalue weighted by Crippen LogP contribution is -2.40. The lowest BCUT2D eigenvalue weighted by molar-refractivity contribution is -0.129. The third kappa shape index (κ3) is 6.94. The Labute approximate surface area is 241 Å². The Bertz CT molecular complexity index is 1710. The number of carbonyl (C=O) groups is 1. The van der Waals surface area contributed by atoms with E-state index in [4.69, 9.17) is 4.98 Å². The molecule has 0 saturated heterocycles. The summed E-state index contributed by atoms with van der Waals surface area (Å²) in [5.74, 6) is 0.656. The van der Waals surface area contributed by atoms with E-state index in [1.807, 2.05) is 55.7 Å². The highest BCUT2D eigenvalue weighted by Gasteiger charge is 2.25. The van der Waals surface area contributed by atoms with E-state index < -0.39 is 15.6 Å². The smallest absolute Gasteiger partial charge is 0.277 e. The van der Waals surface area contributed by atoms with Crippen LogP contribution in [0.5, 0.6) is 0 Å². The second-order valence-corrected chi connectivity index (χ2v) is 13.2. The van der Waals surface area contributed by atoms with Crippen molar-refractivity contribution in [3.05, 3.63) is 82.5 Å². The van der Waals surface area contributed by atoms with Crippen LogP contribution in [0.4, 0.5) is 0 Å². The number of amides is 1. The summed E-state index contributed by atoms with van der Waals surface area (Å²) in [5, 5.41) is 0. The number of sulfonamides is 1. The predicted molar refractivity (Wildman–Crippen MR) is 162 cm³/mol. The summed E-state index contributed by atoms with van der Waals surface area (Å²) in [4.78, 5) is 32.3. The molecule has 0 saturated carbocycles. The maximum atomic E-state index is 13.5. The lowest BCUT2D eigenvalue weighted by atomic mass is 10.0. The zero-order valence-corrected chi connectivity index (χ0v) is 25.5. The van der Waals surface area contributed by atoms with E-state index >= 15 is 0 Å². The van der Waals surface area contributed by atoms with Crippen molar-refractivity contribution in [2.24, 2.45) is 0 Å². The van der Waals surface area contributed by atoms with Gasteiger partial charge >= 0.3 is 0 Å². The first kappa shape index (κ1) is 30.2. The number of hydrogen-bond acceptors (Lipinski definition) is 5. The topological polar surface area (TPSA) is 106 Å². The Morgan fingerprint density at radius 1 is 1.02 bits per heavy atom. The van der Waals surface area contributed by atoms with Crippen molar-refractivity contribution in [3.63, 3.8) is 0 Å². The molecular formula is C31H39N5O4S. The highest BCUT2D eigenvalue weighted by atomic mass is 32.2. The first-order valence-corrected chi connectivity index (χ1v) is 15.3. The second-order valence-electron chi connectivity index (χ2n) is 11.5. The molecule has 0 radical (unpaired) electrons. The van der Waals surface area contributed by atoms with Crippen LogP contribution < -0.4 is 10.3 Å². The number of nitrogens with one attached hydrogen (secondary N) is 1. The van der Waals surface area contributed by atoms with Gasteiger partial charge in [0.1, 0.15) is 17.9 Å². The molecule has 4 rings (SSSR count). The van der Waals surface area contributed by atoms with Gasteiger partial charge in [0, 0.05) is 44.4 Å². The Morgan fingerprint density at radius 3 is 2.34 bits per heavy atom. The summed E-state index contributed by atoms with van der Waals surface area (Å²) in [7, 11) is -0.408. The quantitative estimate of drug-likeness (QED) is 0.300. The van der Waals surface area contributed by atoms with E-state index in [-0.39, 0.29) is 22.9 Å². The van der Waals surface area contributed by atoms with Gasteiger partial charge in [0.25, 0.3) is 5.56 Å². The van der Waals surface area contributed by atoms with Crippen LogP contribution in [-0.4, -0.2) is 53.0 Å². The molecule has 41 heavy (non-hydrogen) atoms. The SMILES string of the molecule is CCCCc1nc2ccn(CC(=O)N(C)C)c(=O)c2n1Cc1ccc(-c2ccccc2S(=O)(=O)NC(C)(C)C)cc1. The number of unbranched alkanes of at least 4 members (excludes halogenated alkanes) is 1. The molecule has 0 fully saturated rings. The molecule has 0 bridgehead atoms. The molecule has 0 atom stereocenters. The van der Waals surface area contributed by atoms with E-state index in [1.54, 1.807) is 44.6 Å². The molecule has 2 aromatic carbocycles. The van der Waals surface area contributed by atoms with Crippen molar-refractivity contribution in [1.29, 1.82) is 0 Å². The fourth-order valence-corrected chi connectivity index (χ4v) is 6.35. The van der Waals surface area contributed by atoms with Gasteiger partial charge in [-0.1, -0.05) is 55.8 Å². The number of fused-ring (bicyclic) bond motifs is 1. The van der Waals surface area contributed by atoms with Gasteiger partial charge in [0.15, 0.2) is 0 Å². The molecule has 0 aliphatic rings. The number of carbonyl (C=O) groups excluding carboxylic acids is 1. The van der Waals surface area contributed by atoms with Gasteiger partial charge in [-0.3, -0.25) is 9.59 Å². The fourth-order valence-electron chi connectivity index (χ4n) is 4.70. The van der Waals surface area contributed by atoms with E-state index in [2.05, 4.69) is 11.6 Å². The van der Waals surface area contributed by atoms with Gasteiger partial charge in [0.2, 0.25) is 15.9 Å². The van der Waals surface area contributed by atoms with Gasteiger partial charge < -0.3 is 14.0 Å². The molecule has 1 amide bonds. The van der Waals surface area contributed by atoms with Crippen molar-refractivity contribution in [3.8, 4) is 11.1 Å².